The quantitative estimate of drug-likeness (QED) is 0.0282. The van der Waals surface area contributed by atoms with E-state index in [0.29, 0.717) is 6.42 Å². The smallest absolute Gasteiger partial charge is 0.387 e. The Bertz CT molecular complexity index is 938. The highest BCUT2D eigenvalue weighted by molar-refractivity contribution is 7.47. The molecule has 0 aliphatic rings. The van der Waals surface area contributed by atoms with E-state index >= 15 is 0 Å². The summed E-state index contributed by atoms with van der Waals surface area (Å²) in [4.78, 5) is 22.6. The van der Waals surface area contributed by atoms with Gasteiger partial charge in [0.2, 0.25) is 5.91 Å². The Kier molecular flexibility index (Phi) is 37.0. The molecule has 0 aromatic heterocycles. The van der Waals surface area contributed by atoms with Crippen LogP contribution in [0.5, 0.6) is 0 Å². The largest absolute Gasteiger partial charge is 0.472 e. The lowest BCUT2D eigenvalue weighted by Crippen LogP contribution is -2.45. The van der Waals surface area contributed by atoms with Crippen molar-refractivity contribution in [1.29, 1.82) is 0 Å². The van der Waals surface area contributed by atoms with Gasteiger partial charge in [-0.3, -0.25) is 13.8 Å². The average Bonchev–Trinajstić information content (AvgIpc) is 3.12. The van der Waals surface area contributed by atoms with Gasteiger partial charge in [0.25, 0.3) is 0 Å². The number of allylic oxidation sites excluding steroid dienone is 7. The number of phosphoric ester groups is 1. The minimum Gasteiger partial charge on any atom is -0.387 e. The van der Waals surface area contributed by atoms with Crippen molar-refractivity contribution >= 4 is 13.7 Å². The van der Waals surface area contributed by atoms with Gasteiger partial charge >= 0.3 is 7.82 Å². The fourth-order valence-corrected chi connectivity index (χ4v) is 6.57. The van der Waals surface area contributed by atoms with Crippen molar-refractivity contribution in [3.8, 4) is 0 Å². The Morgan fingerprint density at radius 1 is 0.667 bits per heavy atom. The van der Waals surface area contributed by atoms with Crippen LogP contribution >= 0.6 is 7.82 Å². The number of rotatable bonds is 38. The number of aliphatic hydroxyl groups is 1. The second-order valence-electron chi connectivity index (χ2n) is 13.8. The number of hydrogen-bond acceptors (Lipinski definition) is 6. The molecular formula is C42H79N2O6P. The third-order valence-electron chi connectivity index (χ3n) is 8.95. The van der Waals surface area contributed by atoms with Gasteiger partial charge in [0.05, 0.1) is 25.4 Å². The second kappa shape index (κ2) is 38.2. The topological polar surface area (TPSA) is 131 Å². The van der Waals surface area contributed by atoms with E-state index in [9.17, 15) is 19.4 Å². The minimum atomic E-state index is -4.34. The summed E-state index contributed by atoms with van der Waals surface area (Å²) in [5, 5.41) is 13.5. The van der Waals surface area contributed by atoms with E-state index in [-0.39, 0.29) is 25.7 Å². The number of carbonyl (C=O) groups is 1. The SMILES string of the molecule is C/C=C/CC/C=C/CC/C=C/C(O)C(COP(=O)(O)OCCN)NC(=O)CCCCCCCCCCCCC/C=C\CCCCCCCCCC. The summed E-state index contributed by atoms with van der Waals surface area (Å²) >= 11 is 0. The van der Waals surface area contributed by atoms with Crippen LogP contribution < -0.4 is 11.1 Å². The molecule has 9 heteroatoms. The van der Waals surface area contributed by atoms with E-state index in [1.54, 1.807) is 6.08 Å². The summed E-state index contributed by atoms with van der Waals surface area (Å²) < 4.78 is 22.0. The molecule has 0 rings (SSSR count). The molecule has 51 heavy (non-hydrogen) atoms. The Hall–Kier alpha value is -1.54. The molecule has 0 aromatic carbocycles. The van der Waals surface area contributed by atoms with Crippen molar-refractivity contribution in [3.63, 3.8) is 0 Å². The maximum Gasteiger partial charge on any atom is 0.472 e. The maximum atomic E-state index is 12.7. The number of hydrogen-bond donors (Lipinski definition) is 4. The Morgan fingerprint density at radius 2 is 1.12 bits per heavy atom. The van der Waals surface area contributed by atoms with E-state index < -0.39 is 20.0 Å². The highest BCUT2D eigenvalue weighted by Crippen LogP contribution is 2.43. The lowest BCUT2D eigenvalue weighted by molar-refractivity contribution is -0.123. The number of nitrogens with two attached hydrogens (primary N) is 1. The van der Waals surface area contributed by atoms with Crippen LogP contribution in [0.1, 0.15) is 181 Å². The number of nitrogens with one attached hydrogen (secondary N) is 1. The summed E-state index contributed by atoms with van der Waals surface area (Å²) in [6.07, 6.45) is 46.3. The van der Waals surface area contributed by atoms with Crippen molar-refractivity contribution in [1.82, 2.24) is 5.32 Å². The van der Waals surface area contributed by atoms with Crippen LogP contribution in [-0.2, 0) is 18.4 Å². The van der Waals surface area contributed by atoms with Gasteiger partial charge in [0.15, 0.2) is 0 Å². The number of carbonyl (C=O) groups excluding carboxylic acids is 1. The molecule has 3 unspecified atom stereocenters. The normalized spacial score (nSPS) is 14.7. The summed E-state index contributed by atoms with van der Waals surface area (Å²) in [5.41, 5.74) is 5.35. The number of phosphoric acid groups is 1. The molecule has 0 heterocycles. The van der Waals surface area contributed by atoms with E-state index in [1.165, 1.54) is 116 Å². The molecule has 0 radical (unpaired) electrons. The summed E-state index contributed by atoms with van der Waals surface area (Å²) in [6, 6.07) is -0.881. The van der Waals surface area contributed by atoms with Crippen LogP contribution in [0.4, 0.5) is 0 Å². The average molecular weight is 739 g/mol. The summed E-state index contributed by atoms with van der Waals surface area (Å²) in [7, 11) is -4.34. The first-order chi connectivity index (χ1) is 24.9. The van der Waals surface area contributed by atoms with Crippen LogP contribution in [0.3, 0.4) is 0 Å². The monoisotopic (exact) mass is 739 g/mol. The zero-order chi connectivity index (χ0) is 37.5. The molecule has 5 N–H and O–H groups in total. The van der Waals surface area contributed by atoms with Gasteiger partial charge in [0, 0.05) is 13.0 Å². The zero-order valence-corrected chi connectivity index (χ0v) is 33.7. The summed E-state index contributed by atoms with van der Waals surface area (Å²) in [5.74, 6) is -0.213. The molecule has 0 aromatic rings. The molecule has 0 saturated carbocycles. The molecule has 0 spiro atoms. The van der Waals surface area contributed by atoms with E-state index in [4.69, 9.17) is 14.8 Å². The van der Waals surface area contributed by atoms with Crippen molar-refractivity contribution < 1.29 is 28.4 Å². The number of aliphatic hydroxyl groups excluding tert-OH is 1. The van der Waals surface area contributed by atoms with Gasteiger partial charge in [-0.05, 0) is 64.7 Å². The van der Waals surface area contributed by atoms with Gasteiger partial charge in [-0.2, -0.15) is 0 Å². The third kappa shape index (κ3) is 36.6. The predicted molar refractivity (Wildman–Crippen MR) is 217 cm³/mol. The first kappa shape index (κ1) is 49.5. The van der Waals surface area contributed by atoms with Crippen LogP contribution in [-0.4, -0.2) is 47.8 Å². The number of amides is 1. The van der Waals surface area contributed by atoms with Crippen molar-refractivity contribution in [2.45, 2.75) is 193 Å². The van der Waals surface area contributed by atoms with Gasteiger partial charge in [-0.25, -0.2) is 4.57 Å². The highest BCUT2D eigenvalue weighted by Gasteiger charge is 2.26. The highest BCUT2D eigenvalue weighted by atomic mass is 31.2. The van der Waals surface area contributed by atoms with Crippen LogP contribution in [0.15, 0.2) is 48.6 Å². The Labute approximate surface area is 313 Å². The lowest BCUT2D eigenvalue weighted by atomic mass is 10.0. The summed E-state index contributed by atoms with van der Waals surface area (Å²) in [6.45, 7) is 3.86. The molecule has 0 fully saturated rings. The van der Waals surface area contributed by atoms with Gasteiger partial charge < -0.3 is 21.1 Å². The molecule has 0 aliphatic carbocycles. The lowest BCUT2D eigenvalue weighted by Gasteiger charge is -2.23. The third-order valence-corrected chi connectivity index (χ3v) is 9.93. The molecule has 0 saturated heterocycles. The molecule has 0 aliphatic heterocycles. The fourth-order valence-electron chi connectivity index (χ4n) is 5.81. The van der Waals surface area contributed by atoms with Crippen molar-refractivity contribution in [2.75, 3.05) is 19.8 Å². The fraction of sp³-hybridized carbons (Fsp3) is 0.786. The van der Waals surface area contributed by atoms with Gasteiger partial charge in [-0.15, -0.1) is 0 Å². The molecular weight excluding hydrogens is 659 g/mol. The molecule has 0 bridgehead atoms. The Morgan fingerprint density at radius 3 is 1.63 bits per heavy atom. The van der Waals surface area contributed by atoms with Crippen molar-refractivity contribution in [2.24, 2.45) is 5.73 Å². The van der Waals surface area contributed by atoms with Crippen molar-refractivity contribution in [3.05, 3.63) is 48.6 Å². The predicted octanol–water partition coefficient (Wildman–Crippen LogP) is 11.3. The van der Waals surface area contributed by atoms with Gasteiger partial charge in [0.1, 0.15) is 0 Å². The maximum absolute atomic E-state index is 12.7. The first-order valence-corrected chi connectivity index (χ1v) is 22.2. The van der Waals surface area contributed by atoms with Gasteiger partial charge in [-0.1, -0.05) is 158 Å². The zero-order valence-electron chi connectivity index (χ0n) is 32.8. The van der Waals surface area contributed by atoms with Crippen LogP contribution in [0, 0.1) is 0 Å². The Balaban J connectivity index is 4.06. The van der Waals surface area contributed by atoms with E-state index in [2.05, 4.69) is 42.6 Å². The molecule has 298 valence electrons. The molecule has 8 nitrogen and oxygen atoms in total. The molecule has 1 amide bonds. The van der Waals surface area contributed by atoms with Crippen LogP contribution in [0.25, 0.3) is 0 Å². The second-order valence-corrected chi connectivity index (χ2v) is 15.3. The van der Waals surface area contributed by atoms with Crippen LogP contribution in [0.2, 0.25) is 0 Å². The van der Waals surface area contributed by atoms with E-state index in [1.807, 2.05) is 19.1 Å². The first-order valence-electron chi connectivity index (χ1n) is 20.7. The molecule has 3 atom stereocenters. The minimum absolute atomic E-state index is 0.0704. The standard InChI is InChI=1S/C42H79N2O6P/c1-3-5-7-9-11-13-14-15-16-17-18-19-20-21-22-23-24-25-26-28-30-32-34-36-42(46)44-40(39-50-51(47,48)49-38-37-43)41(45)35-33-31-29-27-12-10-8-6-4-2/h4,6,12,17-18,27,33,35,40-41,45H,3,5,7-11,13-16,19-26,28-32,34,36-39,43H2,1-2H3,(H,44,46)(H,47,48)/b6-4+,18-17-,27-12+,35-33+. The number of unbranched alkanes of at least 4 members (excludes halogenated alkanes) is 21. The van der Waals surface area contributed by atoms with E-state index in [0.717, 1.165) is 44.9 Å².